The van der Waals surface area contributed by atoms with Crippen LogP contribution in [0.1, 0.15) is 6.92 Å². The smallest absolute Gasteiger partial charge is 0.252 e. The van der Waals surface area contributed by atoms with E-state index in [4.69, 9.17) is 5.73 Å². The lowest BCUT2D eigenvalue weighted by molar-refractivity contribution is -0.112. The van der Waals surface area contributed by atoms with E-state index in [0.29, 0.717) is 17.9 Å². The Morgan fingerprint density at radius 2 is 2.62 bits per heavy atom. The van der Waals surface area contributed by atoms with Crippen LogP contribution in [0.4, 0.5) is 5.82 Å². The van der Waals surface area contributed by atoms with Gasteiger partial charge >= 0.3 is 0 Å². The summed E-state index contributed by atoms with van der Waals surface area (Å²) in [7, 11) is 0. The Bertz CT molecular complexity index is 302. The van der Waals surface area contributed by atoms with Gasteiger partial charge in [0.1, 0.15) is 5.82 Å². The molecule has 0 bridgehead atoms. The number of aromatic nitrogens is 2. The lowest BCUT2D eigenvalue weighted by atomic mass is 10.2. The lowest BCUT2D eigenvalue weighted by Gasteiger charge is -2.01. The molecule has 70 valence electrons. The molecule has 1 aromatic heterocycles. The number of H-pyrrole nitrogens is 1. The van der Waals surface area contributed by atoms with E-state index in [9.17, 15) is 4.79 Å². The van der Waals surface area contributed by atoms with E-state index in [-0.39, 0.29) is 5.91 Å². The first-order valence-electron chi connectivity index (χ1n) is 3.91. The standard InChI is InChI=1S/C8H12N4O/c1-6(2-4-9)8(13)11-7-3-5-10-12-7/h2-3,5H,4,9H2,1H3,(H2,10,11,12,13)/b6-2-. The maximum absolute atomic E-state index is 11.3. The number of carbonyl (C=O) groups excluding carboxylic acids is 1. The quantitative estimate of drug-likeness (QED) is 0.583. The van der Waals surface area contributed by atoms with E-state index in [2.05, 4.69) is 15.5 Å². The fourth-order valence-electron chi connectivity index (χ4n) is 0.816. The van der Waals surface area contributed by atoms with Gasteiger partial charge in [0.2, 0.25) is 0 Å². The van der Waals surface area contributed by atoms with Crippen molar-refractivity contribution in [1.29, 1.82) is 0 Å². The number of nitrogens with one attached hydrogen (secondary N) is 2. The number of aromatic amines is 1. The van der Waals surface area contributed by atoms with E-state index >= 15 is 0 Å². The zero-order chi connectivity index (χ0) is 9.68. The summed E-state index contributed by atoms with van der Waals surface area (Å²) >= 11 is 0. The first kappa shape index (κ1) is 9.47. The predicted octanol–water partition coefficient (Wildman–Crippen LogP) is 0.253. The van der Waals surface area contributed by atoms with Crippen molar-refractivity contribution in [3.05, 3.63) is 23.9 Å². The van der Waals surface area contributed by atoms with Crippen LogP contribution < -0.4 is 11.1 Å². The summed E-state index contributed by atoms with van der Waals surface area (Å²) in [5.41, 5.74) is 5.86. The van der Waals surface area contributed by atoms with Crippen LogP contribution in [0.3, 0.4) is 0 Å². The highest BCUT2D eigenvalue weighted by Gasteiger charge is 2.03. The third kappa shape index (κ3) is 2.72. The Morgan fingerprint density at radius 3 is 3.15 bits per heavy atom. The summed E-state index contributed by atoms with van der Waals surface area (Å²) < 4.78 is 0. The molecule has 0 aliphatic carbocycles. The molecule has 0 atom stereocenters. The second-order valence-electron chi connectivity index (χ2n) is 2.55. The highest BCUT2D eigenvalue weighted by molar-refractivity contribution is 6.02. The lowest BCUT2D eigenvalue weighted by Crippen LogP contribution is -2.14. The van der Waals surface area contributed by atoms with Crippen molar-refractivity contribution in [3.63, 3.8) is 0 Å². The van der Waals surface area contributed by atoms with Gasteiger partial charge in [0.15, 0.2) is 0 Å². The Balaban J connectivity index is 2.56. The number of rotatable bonds is 3. The molecule has 5 heteroatoms. The van der Waals surface area contributed by atoms with Gasteiger partial charge in [0.25, 0.3) is 5.91 Å². The number of hydrogen-bond donors (Lipinski definition) is 3. The molecule has 0 saturated carbocycles. The molecule has 1 aromatic rings. The van der Waals surface area contributed by atoms with Crippen molar-refractivity contribution in [2.75, 3.05) is 11.9 Å². The second kappa shape index (κ2) is 4.42. The molecule has 0 aromatic carbocycles. The minimum Gasteiger partial charge on any atom is -0.327 e. The SMILES string of the molecule is C/C(=C/CN)C(=O)Nc1ccn[nH]1. The third-order valence-corrected chi connectivity index (χ3v) is 1.53. The highest BCUT2D eigenvalue weighted by Crippen LogP contribution is 2.01. The van der Waals surface area contributed by atoms with E-state index in [1.54, 1.807) is 25.3 Å². The molecule has 1 heterocycles. The van der Waals surface area contributed by atoms with Gasteiger partial charge in [-0.05, 0) is 6.92 Å². The van der Waals surface area contributed by atoms with Gasteiger partial charge in [0, 0.05) is 18.2 Å². The molecular weight excluding hydrogens is 168 g/mol. The van der Waals surface area contributed by atoms with Crippen LogP contribution in [0.2, 0.25) is 0 Å². The molecule has 4 N–H and O–H groups in total. The maximum atomic E-state index is 11.3. The van der Waals surface area contributed by atoms with Gasteiger partial charge in [0.05, 0.1) is 6.20 Å². The van der Waals surface area contributed by atoms with Crippen molar-refractivity contribution in [1.82, 2.24) is 10.2 Å². The average Bonchev–Trinajstić information content (AvgIpc) is 2.57. The fourth-order valence-corrected chi connectivity index (χ4v) is 0.816. The maximum Gasteiger partial charge on any atom is 0.252 e. The normalized spacial score (nSPS) is 11.4. The van der Waals surface area contributed by atoms with Crippen LogP contribution in [-0.2, 0) is 4.79 Å². The Labute approximate surface area is 76.0 Å². The highest BCUT2D eigenvalue weighted by atomic mass is 16.1. The molecule has 0 aliphatic rings. The average molecular weight is 180 g/mol. The molecule has 0 unspecified atom stereocenters. The van der Waals surface area contributed by atoms with Crippen LogP contribution in [0.15, 0.2) is 23.9 Å². The van der Waals surface area contributed by atoms with Crippen molar-refractivity contribution >= 4 is 11.7 Å². The molecule has 5 nitrogen and oxygen atoms in total. The van der Waals surface area contributed by atoms with Gasteiger partial charge in [-0.1, -0.05) is 6.08 Å². The third-order valence-electron chi connectivity index (χ3n) is 1.53. The molecule has 1 amide bonds. The number of nitrogens with two attached hydrogens (primary N) is 1. The van der Waals surface area contributed by atoms with E-state index in [1.165, 1.54) is 0 Å². The molecule has 0 fully saturated rings. The fraction of sp³-hybridized carbons (Fsp3) is 0.250. The Kier molecular flexibility index (Phi) is 3.22. The molecule has 0 radical (unpaired) electrons. The molecule has 0 saturated heterocycles. The van der Waals surface area contributed by atoms with Crippen LogP contribution in [0, 0.1) is 0 Å². The summed E-state index contributed by atoms with van der Waals surface area (Å²) in [6.45, 7) is 2.07. The van der Waals surface area contributed by atoms with E-state index in [1.807, 2.05) is 0 Å². The van der Waals surface area contributed by atoms with Gasteiger partial charge in [-0.25, -0.2) is 0 Å². The summed E-state index contributed by atoms with van der Waals surface area (Å²) in [5.74, 6) is 0.407. The number of amides is 1. The molecular formula is C8H12N4O. The van der Waals surface area contributed by atoms with E-state index in [0.717, 1.165) is 0 Å². The number of anilines is 1. The van der Waals surface area contributed by atoms with Crippen molar-refractivity contribution in [2.24, 2.45) is 5.73 Å². The van der Waals surface area contributed by atoms with Crippen LogP contribution in [0.25, 0.3) is 0 Å². The summed E-state index contributed by atoms with van der Waals surface area (Å²) in [6, 6.07) is 1.67. The number of nitrogens with zero attached hydrogens (tertiary/aromatic N) is 1. The minimum atomic E-state index is -0.172. The Hall–Kier alpha value is -1.62. The van der Waals surface area contributed by atoms with Crippen molar-refractivity contribution in [3.8, 4) is 0 Å². The molecule has 1 rings (SSSR count). The summed E-state index contributed by atoms with van der Waals surface area (Å²) in [6.07, 6.45) is 3.23. The first-order chi connectivity index (χ1) is 6.24. The van der Waals surface area contributed by atoms with Crippen LogP contribution in [0.5, 0.6) is 0 Å². The zero-order valence-corrected chi connectivity index (χ0v) is 7.37. The van der Waals surface area contributed by atoms with Crippen molar-refractivity contribution < 1.29 is 4.79 Å². The minimum absolute atomic E-state index is 0.172. The van der Waals surface area contributed by atoms with Crippen LogP contribution >= 0.6 is 0 Å². The van der Waals surface area contributed by atoms with Crippen LogP contribution in [-0.4, -0.2) is 22.6 Å². The zero-order valence-electron chi connectivity index (χ0n) is 7.37. The first-order valence-corrected chi connectivity index (χ1v) is 3.91. The summed E-state index contributed by atoms with van der Waals surface area (Å²) in [5, 5.41) is 8.95. The van der Waals surface area contributed by atoms with Gasteiger partial charge in [-0.15, -0.1) is 0 Å². The summed E-state index contributed by atoms with van der Waals surface area (Å²) in [4.78, 5) is 11.3. The topological polar surface area (TPSA) is 83.8 Å². The number of hydrogen-bond acceptors (Lipinski definition) is 3. The van der Waals surface area contributed by atoms with Gasteiger partial charge in [-0.2, -0.15) is 5.10 Å². The van der Waals surface area contributed by atoms with E-state index < -0.39 is 0 Å². The largest absolute Gasteiger partial charge is 0.327 e. The Morgan fingerprint density at radius 1 is 1.85 bits per heavy atom. The molecule has 0 spiro atoms. The molecule has 13 heavy (non-hydrogen) atoms. The second-order valence-corrected chi connectivity index (χ2v) is 2.55. The monoisotopic (exact) mass is 180 g/mol. The van der Waals surface area contributed by atoms with Crippen molar-refractivity contribution in [2.45, 2.75) is 6.92 Å². The molecule has 0 aliphatic heterocycles. The number of carbonyl (C=O) groups is 1. The van der Waals surface area contributed by atoms with Gasteiger partial charge in [-0.3, -0.25) is 9.89 Å². The van der Waals surface area contributed by atoms with Gasteiger partial charge < -0.3 is 11.1 Å². The predicted molar refractivity (Wildman–Crippen MR) is 50.0 cm³/mol.